The van der Waals surface area contributed by atoms with Crippen molar-refractivity contribution in [2.75, 3.05) is 15.9 Å². The molecular formula is C23H27F2N3O4S. The Bertz CT molecular complexity index is 1130. The van der Waals surface area contributed by atoms with Gasteiger partial charge in [-0.25, -0.2) is 17.2 Å². The maximum atomic E-state index is 13.7. The fraction of sp³-hybridized carbons (Fsp3) is 0.391. The van der Waals surface area contributed by atoms with Gasteiger partial charge in [-0.05, 0) is 44.0 Å². The predicted octanol–water partition coefficient (Wildman–Crippen LogP) is 3.82. The third-order valence-corrected chi connectivity index (χ3v) is 6.86. The van der Waals surface area contributed by atoms with Gasteiger partial charge in [-0.15, -0.1) is 0 Å². The predicted molar refractivity (Wildman–Crippen MR) is 123 cm³/mol. The maximum Gasteiger partial charge on any atom is 0.253 e. The van der Waals surface area contributed by atoms with Gasteiger partial charge in [0.05, 0.1) is 23.2 Å². The van der Waals surface area contributed by atoms with E-state index in [4.69, 9.17) is 0 Å². The van der Waals surface area contributed by atoms with Gasteiger partial charge in [0, 0.05) is 12.1 Å². The average molecular weight is 480 g/mol. The molecular weight excluding hydrogens is 452 g/mol. The number of nitrogens with zero attached hydrogens (tertiary/aromatic N) is 1. The van der Waals surface area contributed by atoms with Crippen molar-refractivity contribution in [1.29, 1.82) is 0 Å². The molecule has 3 rings (SSSR count). The lowest BCUT2D eigenvalue weighted by molar-refractivity contribution is -0.116. The van der Waals surface area contributed by atoms with Crippen molar-refractivity contribution >= 4 is 33.2 Å². The number of halogens is 2. The highest BCUT2D eigenvalue weighted by Gasteiger charge is 2.30. The van der Waals surface area contributed by atoms with E-state index in [1.165, 1.54) is 6.92 Å². The summed E-state index contributed by atoms with van der Waals surface area (Å²) in [6, 6.07) is 7.77. The van der Waals surface area contributed by atoms with E-state index in [0.717, 1.165) is 50.5 Å². The Balaban J connectivity index is 1.82. The number of rotatable bonds is 7. The number of para-hydroxylation sites is 1. The number of anilines is 2. The van der Waals surface area contributed by atoms with E-state index < -0.39 is 33.6 Å². The van der Waals surface area contributed by atoms with Crippen LogP contribution in [0.4, 0.5) is 20.2 Å². The van der Waals surface area contributed by atoms with Crippen molar-refractivity contribution in [2.24, 2.45) is 0 Å². The van der Waals surface area contributed by atoms with Crippen molar-refractivity contribution in [2.45, 2.75) is 51.1 Å². The Morgan fingerprint density at radius 3 is 2.33 bits per heavy atom. The Morgan fingerprint density at radius 2 is 1.70 bits per heavy atom. The van der Waals surface area contributed by atoms with E-state index >= 15 is 0 Å². The van der Waals surface area contributed by atoms with Crippen LogP contribution in [0.2, 0.25) is 0 Å². The van der Waals surface area contributed by atoms with Crippen LogP contribution in [0.3, 0.4) is 0 Å². The summed E-state index contributed by atoms with van der Waals surface area (Å²) in [5, 5.41) is 5.59. The van der Waals surface area contributed by atoms with Gasteiger partial charge in [0.1, 0.15) is 6.04 Å². The molecule has 1 atom stereocenters. The minimum atomic E-state index is -4.03. The van der Waals surface area contributed by atoms with Crippen LogP contribution in [-0.4, -0.2) is 38.6 Å². The molecule has 0 aromatic heterocycles. The first kappa shape index (κ1) is 24.6. The SMILES string of the molecule is C[C@@H](C(=O)Nc1ccccc1C(=O)NC1CCCCC1)N(c1ccc(F)c(F)c1)S(C)(=O)=O. The molecule has 0 radical (unpaired) electrons. The molecule has 178 valence electrons. The topological polar surface area (TPSA) is 95.6 Å². The Labute approximate surface area is 192 Å². The molecule has 1 aliphatic carbocycles. The Morgan fingerprint density at radius 1 is 1.03 bits per heavy atom. The fourth-order valence-corrected chi connectivity index (χ4v) is 5.13. The number of sulfonamides is 1. The highest BCUT2D eigenvalue weighted by Crippen LogP contribution is 2.25. The standard InChI is InChI=1S/C23H27F2N3O4S/c1-15(28(33(2,31)32)17-12-13-19(24)20(25)14-17)22(29)27-21-11-7-6-10-18(21)23(30)26-16-8-4-3-5-9-16/h6-7,10-16H,3-5,8-9H2,1-2H3,(H,26,30)(H,27,29)/t15-/m0/s1. The lowest BCUT2D eigenvalue weighted by atomic mass is 9.95. The fourth-order valence-electron chi connectivity index (χ4n) is 3.97. The number of amides is 2. The molecule has 0 saturated heterocycles. The molecule has 10 heteroatoms. The molecule has 2 aromatic carbocycles. The molecule has 0 bridgehead atoms. The van der Waals surface area contributed by atoms with Gasteiger partial charge in [0.2, 0.25) is 15.9 Å². The molecule has 33 heavy (non-hydrogen) atoms. The van der Waals surface area contributed by atoms with Gasteiger partial charge in [-0.3, -0.25) is 13.9 Å². The lowest BCUT2D eigenvalue weighted by Gasteiger charge is -2.28. The summed E-state index contributed by atoms with van der Waals surface area (Å²) in [6.07, 6.45) is 5.90. The van der Waals surface area contributed by atoms with Crippen LogP contribution in [0.25, 0.3) is 0 Å². The number of benzene rings is 2. The summed E-state index contributed by atoms with van der Waals surface area (Å²) in [6.45, 7) is 1.32. The normalized spacial score (nSPS) is 15.5. The van der Waals surface area contributed by atoms with Crippen LogP contribution in [0.1, 0.15) is 49.4 Å². The lowest BCUT2D eigenvalue weighted by Crippen LogP contribution is -2.45. The summed E-state index contributed by atoms with van der Waals surface area (Å²) < 4.78 is 52.5. The molecule has 1 aliphatic rings. The van der Waals surface area contributed by atoms with Crippen molar-refractivity contribution in [3.8, 4) is 0 Å². The molecule has 0 aliphatic heterocycles. The van der Waals surface area contributed by atoms with Crippen LogP contribution in [0, 0.1) is 11.6 Å². The zero-order valence-corrected chi connectivity index (χ0v) is 19.3. The Hall–Kier alpha value is -3.01. The average Bonchev–Trinajstić information content (AvgIpc) is 2.76. The zero-order valence-electron chi connectivity index (χ0n) is 18.5. The molecule has 0 unspecified atom stereocenters. The first-order valence-electron chi connectivity index (χ1n) is 10.7. The van der Waals surface area contributed by atoms with E-state index in [1.807, 2.05) is 0 Å². The van der Waals surface area contributed by atoms with Gasteiger partial charge in [0.15, 0.2) is 11.6 Å². The summed E-state index contributed by atoms with van der Waals surface area (Å²) in [4.78, 5) is 25.8. The molecule has 0 spiro atoms. The van der Waals surface area contributed by atoms with Crippen molar-refractivity contribution in [3.05, 3.63) is 59.7 Å². The van der Waals surface area contributed by atoms with Crippen LogP contribution < -0.4 is 14.9 Å². The molecule has 2 amide bonds. The zero-order chi connectivity index (χ0) is 24.2. The molecule has 2 aromatic rings. The number of nitrogens with one attached hydrogen (secondary N) is 2. The number of hydrogen-bond donors (Lipinski definition) is 2. The van der Waals surface area contributed by atoms with Gasteiger partial charge in [-0.2, -0.15) is 0 Å². The third-order valence-electron chi connectivity index (χ3n) is 5.62. The van der Waals surface area contributed by atoms with Crippen molar-refractivity contribution in [3.63, 3.8) is 0 Å². The maximum absolute atomic E-state index is 13.7. The summed E-state index contributed by atoms with van der Waals surface area (Å²) >= 11 is 0. The second kappa shape index (κ2) is 10.3. The molecule has 0 heterocycles. The summed E-state index contributed by atoms with van der Waals surface area (Å²) in [5.74, 6) is -3.44. The first-order chi connectivity index (χ1) is 15.6. The van der Waals surface area contributed by atoms with Crippen molar-refractivity contribution < 1.29 is 26.8 Å². The molecule has 1 fully saturated rings. The van der Waals surface area contributed by atoms with E-state index in [2.05, 4.69) is 10.6 Å². The number of hydrogen-bond acceptors (Lipinski definition) is 4. The summed E-state index contributed by atoms with van der Waals surface area (Å²) in [5.41, 5.74) is 0.283. The quantitative estimate of drug-likeness (QED) is 0.631. The van der Waals surface area contributed by atoms with Crippen LogP contribution in [0.5, 0.6) is 0 Å². The monoisotopic (exact) mass is 479 g/mol. The van der Waals surface area contributed by atoms with Gasteiger partial charge >= 0.3 is 0 Å². The van der Waals surface area contributed by atoms with E-state index in [9.17, 15) is 26.8 Å². The molecule has 2 N–H and O–H groups in total. The van der Waals surface area contributed by atoms with Crippen LogP contribution in [0.15, 0.2) is 42.5 Å². The van der Waals surface area contributed by atoms with Crippen molar-refractivity contribution in [1.82, 2.24) is 5.32 Å². The van der Waals surface area contributed by atoms with Gasteiger partial charge in [0.25, 0.3) is 5.91 Å². The summed E-state index contributed by atoms with van der Waals surface area (Å²) in [7, 11) is -4.03. The number of carbonyl (C=O) groups excluding carboxylic acids is 2. The highest BCUT2D eigenvalue weighted by molar-refractivity contribution is 7.92. The largest absolute Gasteiger partial charge is 0.349 e. The second-order valence-corrected chi connectivity index (χ2v) is 10.0. The first-order valence-corrected chi connectivity index (χ1v) is 12.6. The second-order valence-electron chi connectivity index (χ2n) is 8.18. The number of carbonyl (C=O) groups is 2. The third kappa shape index (κ3) is 6.07. The van der Waals surface area contributed by atoms with Crippen LogP contribution >= 0.6 is 0 Å². The minimum absolute atomic E-state index is 0.0722. The van der Waals surface area contributed by atoms with E-state index in [-0.39, 0.29) is 28.9 Å². The Kier molecular flexibility index (Phi) is 7.68. The van der Waals surface area contributed by atoms with Gasteiger partial charge in [-0.1, -0.05) is 31.4 Å². The van der Waals surface area contributed by atoms with E-state index in [0.29, 0.717) is 10.4 Å². The van der Waals surface area contributed by atoms with E-state index in [1.54, 1.807) is 24.3 Å². The highest BCUT2D eigenvalue weighted by atomic mass is 32.2. The minimum Gasteiger partial charge on any atom is -0.349 e. The van der Waals surface area contributed by atoms with Crippen LogP contribution in [-0.2, 0) is 14.8 Å². The molecule has 1 saturated carbocycles. The van der Waals surface area contributed by atoms with Gasteiger partial charge < -0.3 is 10.6 Å². The smallest absolute Gasteiger partial charge is 0.253 e. The molecule has 7 nitrogen and oxygen atoms in total.